The third-order valence-electron chi connectivity index (χ3n) is 3.60. The number of carboxylic acids is 1. The first-order valence-electron chi connectivity index (χ1n) is 7.35. The highest BCUT2D eigenvalue weighted by molar-refractivity contribution is 7.85. The van der Waals surface area contributed by atoms with Crippen molar-refractivity contribution in [2.75, 3.05) is 5.32 Å². The highest BCUT2D eigenvalue weighted by atomic mass is 32.2. The molecule has 0 atom stereocenters. The summed E-state index contributed by atoms with van der Waals surface area (Å²) in [5, 5.41) is 11.8. The predicted octanol–water partition coefficient (Wildman–Crippen LogP) is 1.99. The number of para-hydroxylation sites is 1. The fraction of sp³-hybridized carbons (Fsp3) is 0. The van der Waals surface area contributed by atoms with Gasteiger partial charge in [-0.2, -0.15) is 8.42 Å². The van der Waals surface area contributed by atoms with Crippen LogP contribution in [0.2, 0.25) is 0 Å². The summed E-state index contributed by atoms with van der Waals surface area (Å²) in [6.45, 7) is 0. The van der Waals surface area contributed by atoms with Crippen LogP contribution in [-0.2, 0) is 10.1 Å². The molecule has 0 aliphatic carbocycles. The van der Waals surface area contributed by atoms with Gasteiger partial charge < -0.3 is 14.8 Å². The van der Waals surface area contributed by atoms with Gasteiger partial charge in [-0.1, -0.05) is 18.2 Å². The Bertz CT molecular complexity index is 1240. The molecule has 0 aliphatic heterocycles. The van der Waals surface area contributed by atoms with Gasteiger partial charge in [-0.15, -0.1) is 0 Å². The number of fused-ring (bicyclic) bond motifs is 1. The molecular formula is C17H11NO8S. The van der Waals surface area contributed by atoms with Crippen LogP contribution in [0.1, 0.15) is 20.7 Å². The maximum atomic E-state index is 12.4. The zero-order valence-electron chi connectivity index (χ0n) is 13.4. The average Bonchev–Trinajstić information content (AvgIpc) is 2.61. The van der Waals surface area contributed by atoms with E-state index in [1.54, 1.807) is 24.3 Å². The van der Waals surface area contributed by atoms with E-state index in [0.717, 1.165) is 12.1 Å². The fourth-order valence-electron chi connectivity index (χ4n) is 2.35. The van der Waals surface area contributed by atoms with Crippen molar-refractivity contribution in [2.45, 2.75) is 4.90 Å². The lowest BCUT2D eigenvalue weighted by atomic mass is 10.1. The molecule has 3 rings (SSSR count). The van der Waals surface area contributed by atoms with Gasteiger partial charge in [-0.25, -0.2) is 9.59 Å². The summed E-state index contributed by atoms with van der Waals surface area (Å²) >= 11 is 0. The van der Waals surface area contributed by atoms with Gasteiger partial charge in [0.1, 0.15) is 11.3 Å². The summed E-state index contributed by atoms with van der Waals surface area (Å²) < 4.78 is 36.8. The van der Waals surface area contributed by atoms with Gasteiger partial charge in [0.25, 0.3) is 16.0 Å². The van der Waals surface area contributed by atoms with E-state index in [2.05, 4.69) is 5.32 Å². The van der Waals surface area contributed by atoms with Gasteiger partial charge in [0.15, 0.2) is 0 Å². The maximum absolute atomic E-state index is 12.4. The van der Waals surface area contributed by atoms with E-state index in [0.29, 0.717) is 17.0 Å². The van der Waals surface area contributed by atoms with Gasteiger partial charge in [-0.05, 0) is 30.3 Å². The quantitative estimate of drug-likeness (QED) is 0.453. The lowest BCUT2D eigenvalue weighted by molar-refractivity contribution is 0.0696. The number of hydrogen-bond donors (Lipinski definition) is 3. The summed E-state index contributed by atoms with van der Waals surface area (Å²) in [6, 6.07) is 10.4. The molecule has 9 nitrogen and oxygen atoms in total. The number of nitrogens with one attached hydrogen (secondary N) is 1. The number of hydrogen-bond acceptors (Lipinski definition) is 6. The van der Waals surface area contributed by atoms with E-state index in [-0.39, 0.29) is 11.3 Å². The van der Waals surface area contributed by atoms with Crippen LogP contribution in [0.5, 0.6) is 0 Å². The monoisotopic (exact) mass is 389 g/mol. The largest absolute Gasteiger partial charge is 0.478 e. The lowest BCUT2D eigenvalue weighted by Gasteiger charge is -2.08. The average molecular weight is 389 g/mol. The normalized spacial score (nSPS) is 11.3. The van der Waals surface area contributed by atoms with Crippen molar-refractivity contribution >= 4 is 38.7 Å². The van der Waals surface area contributed by atoms with Gasteiger partial charge in [0, 0.05) is 10.9 Å². The standard InChI is InChI=1S/C17H11NO8S/c19-15(10-5-11(16(20)21)7-12(6-10)27(23,24)25)18-13-8-9-3-1-2-4-14(9)26-17(13)22/h1-8H,(H,18,19)(H,20,21)(H,23,24,25). The number of rotatable bonds is 4. The van der Waals surface area contributed by atoms with Crippen molar-refractivity contribution < 1.29 is 32.1 Å². The second kappa shape index (κ2) is 6.67. The van der Waals surface area contributed by atoms with Gasteiger partial charge >= 0.3 is 11.6 Å². The molecule has 1 aromatic heterocycles. The van der Waals surface area contributed by atoms with E-state index < -0.39 is 38.1 Å². The van der Waals surface area contributed by atoms with E-state index in [4.69, 9.17) is 14.1 Å². The van der Waals surface area contributed by atoms with Crippen molar-refractivity contribution in [3.63, 3.8) is 0 Å². The van der Waals surface area contributed by atoms with Crippen LogP contribution in [0.3, 0.4) is 0 Å². The lowest BCUT2D eigenvalue weighted by Crippen LogP contribution is -2.19. The molecule has 0 spiro atoms. The molecule has 0 unspecified atom stereocenters. The Kier molecular flexibility index (Phi) is 4.52. The molecule has 0 radical (unpaired) electrons. The first kappa shape index (κ1) is 18.3. The number of amides is 1. The summed E-state index contributed by atoms with van der Waals surface area (Å²) in [6.07, 6.45) is 0. The molecule has 2 aromatic carbocycles. The molecule has 3 N–H and O–H groups in total. The number of carboxylic acid groups (broad SMARTS) is 1. The van der Waals surface area contributed by atoms with Crippen LogP contribution in [-0.4, -0.2) is 30.0 Å². The van der Waals surface area contributed by atoms with Crippen molar-refractivity contribution in [1.29, 1.82) is 0 Å². The van der Waals surface area contributed by atoms with Gasteiger partial charge in [0.2, 0.25) is 0 Å². The molecule has 138 valence electrons. The van der Waals surface area contributed by atoms with Crippen LogP contribution in [0.25, 0.3) is 11.0 Å². The zero-order chi connectivity index (χ0) is 19.8. The van der Waals surface area contributed by atoms with Crippen LogP contribution < -0.4 is 10.9 Å². The highest BCUT2D eigenvalue weighted by Gasteiger charge is 2.19. The van der Waals surface area contributed by atoms with Gasteiger partial charge in [0.05, 0.1) is 10.5 Å². The number of benzene rings is 2. The Balaban J connectivity index is 2.04. The molecule has 1 amide bonds. The van der Waals surface area contributed by atoms with Crippen LogP contribution in [0.4, 0.5) is 5.69 Å². The SMILES string of the molecule is O=C(O)c1cc(C(=O)Nc2cc3ccccc3oc2=O)cc(S(=O)(=O)O)c1. The van der Waals surface area contributed by atoms with E-state index >= 15 is 0 Å². The number of carbonyl (C=O) groups is 2. The third-order valence-corrected chi connectivity index (χ3v) is 4.43. The van der Waals surface area contributed by atoms with Crippen molar-refractivity contribution in [1.82, 2.24) is 0 Å². The molecule has 0 saturated carbocycles. The Labute approximate surface area is 151 Å². The van der Waals surface area contributed by atoms with Gasteiger partial charge in [-0.3, -0.25) is 9.35 Å². The molecule has 10 heteroatoms. The molecule has 27 heavy (non-hydrogen) atoms. The summed E-state index contributed by atoms with van der Waals surface area (Å²) in [5.41, 5.74) is -1.66. The highest BCUT2D eigenvalue weighted by Crippen LogP contribution is 2.18. The Morgan fingerprint density at radius 2 is 1.67 bits per heavy atom. The van der Waals surface area contributed by atoms with Crippen LogP contribution in [0, 0.1) is 0 Å². The Morgan fingerprint density at radius 1 is 1.00 bits per heavy atom. The van der Waals surface area contributed by atoms with Crippen molar-refractivity contribution in [3.05, 3.63) is 70.1 Å². The van der Waals surface area contributed by atoms with Crippen LogP contribution in [0.15, 0.2) is 62.6 Å². The van der Waals surface area contributed by atoms with Crippen molar-refractivity contribution in [2.24, 2.45) is 0 Å². The zero-order valence-corrected chi connectivity index (χ0v) is 14.2. The minimum absolute atomic E-state index is 0.215. The van der Waals surface area contributed by atoms with Crippen LogP contribution >= 0.6 is 0 Å². The Hall–Kier alpha value is -3.50. The summed E-state index contributed by atoms with van der Waals surface area (Å²) in [4.78, 5) is 34.8. The minimum atomic E-state index is -4.75. The fourth-order valence-corrected chi connectivity index (χ4v) is 2.90. The maximum Gasteiger partial charge on any atom is 0.360 e. The molecule has 1 heterocycles. The molecule has 0 saturated heterocycles. The number of carbonyl (C=O) groups excluding carboxylic acids is 1. The molecule has 0 aliphatic rings. The second-order valence-corrected chi connectivity index (χ2v) is 6.89. The Morgan fingerprint density at radius 3 is 2.33 bits per heavy atom. The molecule has 0 bridgehead atoms. The van der Waals surface area contributed by atoms with E-state index in [1.807, 2.05) is 0 Å². The second-order valence-electron chi connectivity index (χ2n) is 5.47. The summed E-state index contributed by atoms with van der Waals surface area (Å²) in [7, 11) is -4.75. The smallest absolute Gasteiger partial charge is 0.360 e. The topological polar surface area (TPSA) is 151 Å². The first-order chi connectivity index (χ1) is 12.6. The first-order valence-corrected chi connectivity index (χ1v) is 8.79. The number of anilines is 1. The van der Waals surface area contributed by atoms with E-state index in [1.165, 1.54) is 6.07 Å². The van der Waals surface area contributed by atoms with Crippen molar-refractivity contribution in [3.8, 4) is 0 Å². The molecule has 3 aromatic rings. The number of aromatic carboxylic acids is 1. The minimum Gasteiger partial charge on any atom is -0.478 e. The summed E-state index contributed by atoms with van der Waals surface area (Å²) in [5.74, 6) is -2.45. The van der Waals surface area contributed by atoms with E-state index in [9.17, 15) is 22.8 Å². The third kappa shape index (κ3) is 3.86. The molecule has 0 fully saturated rings. The molecular weight excluding hydrogens is 378 g/mol. The predicted molar refractivity (Wildman–Crippen MR) is 93.7 cm³/mol.